The fourth-order valence-electron chi connectivity index (χ4n) is 5.96. The molecule has 1 aromatic rings. The van der Waals surface area contributed by atoms with Crippen LogP contribution in [0.1, 0.15) is 69.4 Å². The van der Waals surface area contributed by atoms with E-state index in [0.717, 1.165) is 19.3 Å². The van der Waals surface area contributed by atoms with Crippen LogP contribution in [0.15, 0.2) is 18.2 Å². The van der Waals surface area contributed by atoms with Gasteiger partial charge in [0, 0.05) is 11.8 Å². The molecule has 0 spiro atoms. The first-order chi connectivity index (χ1) is 11.5. The smallest absolute Gasteiger partial charge is 0.305 e. The Morgan fingerprint density at radius 1 is 1.29 bits per heavy atom. The van der Waals surface area contributed by atoms with Gasteiger partial charge in [-0.05, 0) is 79.5 Å². The number of fused-ring (bicyclic) bond motifs is 5. The molecular weight excluding hydrogens is 300 g/mol. The van der Waals surface area contributed by atoms with E-state index in [1.807, 2.05) is 19.1 Å². The molecule has 3 aliphatic carbocycles. The first kappa shape index (κ1) is 16.0. The van der Waals surface area contributed by atoms with E-state index < -0.39 is 0 Å². The van der Waals surface area contributed by atoms with Gasteiger partial charge in [0.2, 0.25) is 0 Å². The van der Waals surface area contributed by atoms with Gasteiger partial charge in [-0.25, -0.2) is 0 Å². The largest absolute Gasteiger partial charge is 0.508 e. The average molecular weight is 328 g/mol. The van der Waals surface area contributed by atoms with Crippen LogP contribution in [-0.4, -0.2) is 17.2 Å². The Morgan fingerprint density at radius 2 is 2.12 bits per heavy atom. The van der Waals surface area contributed by atoms with Crippen molar-refractivity contribution in [2.24, 2.45) is 17.3 Å². The Bertz CT molecular complexity index is 652. The maximum absolute atomic E-state index is 11.8. The molecule has 0 aromatic heterocycles. The number of benzene rings is 1. The predicted octanol–water partition coefficient (Wildman–Crippen LogP) is 4.57. The number of ether oxygens (including phenoxy) is 1. The van der Waals surface area contributed by atoms with Gasteiger partial charge in [-0.2, -0.15) is 0 Å². The summed E-state index contributed by atoms with van der Waals surface area (Å²) in [5.41, 5.74) is 2.95. The first-order valence-corrected chi connectivity index (χ1v) is 9.54. The van der Waals surface area contributed by atoms with E-state index in [2.05, 4.69) is 13.0 Å². The lowest BCUT2D eigenvalue weighted by Crippen LogP contribution is -2.45. The van der Waals surface area contributed by atoms with Crippen molar-refractivity contribution in [3.63, 3.8) is 0 Å². The van der Waals surface area contributed by atoms with Crippen molar-refractivity contribution in [2.75, 3.05) is 0 Å². The second-order valence-corrected chi connectivity index (χ2v) is 8.25. The van der Waals surface area contributed by atoms with Gasteiger partial charge >= 0.3 is 5.97 Å². The molecule has 5 atom stereocenters. The maximum Gasteiger partial charge on any atom is 0.305 e. The third kappa shape index (κ3) is 2.35. The van der Waals surface area contributed by atoms with Gasteiger partial charge in [-0.1, -0.05) is 19.9 Å². The molecule has 0 radical (unpaired) electrons. The zero-order valence-electron chi connectivity index (χ0n) is 14.8. The lowest BCUT2D eigenvalue weighted by molar-refractivity contribution is -0.157. The molecule has 0 unspecified atom stereocenters. The van der Waals surface area contributed by atoms with Gasteiger partial charge in [0.25, 0.3) is 0 Å². The number of esters is 1. The van der Waals surface area contributed by atoms with E-state index >= 15 is 0 Å². The number of phenols is 1. The van der Waals surface area contributed by atoms with Crippen LogP contribution in [0.5, 0.6) is 5.75 Å². The van der Waals surface area contributed by atoms with Gasteiger partial charge in [0.15, 0.2) is 0 Å². The number of hydrogen-bond donors (Lipinski definition) is 1. The highest BCUT2D eigenvalue weighted by molar-refractivity contribution is 5.69. The minimum atomic E-state index is -0.0477. The Kier molecular flexibility index (Phi) is 3.85. The molecule has 1 aromatic carbocycles. The number of carbonyl (C=O) groups excluding carboxylic acids is 1. The standard InChI is InChI=1S/C21H28O3/c1-3-20(23)24-19-9-8-18-17-6-4-13-12-14(22)5-7-15(13)16(17)10-11-21(18,19)2/h5,7,12,16-19,22H,3-4,6,8-11H2,1-2H3/t16-,17+,18+,19+,21+/m0/s1. The molecule has 2 saturated carbocycles. The second-order valence-electron chi connectivity index (χ2n) is 8.25. The number of aryl methyl sites for hydroxylation is 1. The van der Waals surface area contributed by atoms with Crippen molar-refractivity contribution in [3.8, 4) is 5.75 Å². The highest BCUT2D eigenvalue weighted by Gasteiger charge is 2.56. The van der Waals surface area contributed by atoms with E-state index in [9.17, 15) is 9.90 Å². The van der Waals surface area contributed by atoms with Crippen molar-refractivity contribution in [2.45, 2.75) is 70.8 Å². The Morgan fingerprint density at radius 3 is 2.92 bits per heavy atom. The third-order valence-corrected chi connectivity index (χ3v) is 7.19. The number of hydrogen-bond acceptors (Lipinski definition) is 3. The summed E-state index contributed by atoms with van der Waals surface area (Å²) in [6, 6.07) is 5.95. The molecule has 4 rings (SSSR count). The highest BCUT2D eigenvalue weighted by atomic mass is 16.5. The van der Waals surface area contributed by atoms with Crippen molar-refractivity contribution < 1.29 is 14.6 Å². The normalized spacial score (nSPS) is 37.2. The van der Waals surface area contributed by atoms with Crippen LogP contribution in [0.25, 0.3) is 0 Å². The molecule has 3 nitrogen and oxygen atoms in total. The molecule has 1 N–H and O–H groups in total. The fraction of sp³-hybridized carbons (Fsp3) is 0.667. The topological polar surface area (TPSA) is 46.5 Å². The molecule has 24 heavy (non-hydrogen) atoms. The molecule has 3 aliphatic rings. The van der Waals surface area contributed by atoms with Crippen LogP contribution in [0, 0.1) is 17.3 Å². The van der Waals surface area contributed by atoms with E-state index in [0.29, 0.717) is 29.9 Å². The van der Waals surface area contributed by atoms with E-state index in [1.165, 1.54) is 30.4 Å². The van der Waals surface area contributed by atoms with Crippen molar-refractivity contribution in [1.82, 2.24) is 0 Å². The monoisotopic (exact) mass is 328 g/mol. The van der Waals surface area contributed by atoms with Gasteiger partial charge < -0.3 is 9.84 Å². The average Bonchev–Trinajstić information content (AvgIpc) is 2.90. The molecular formula is C21H28O3. The zero-order valence-corrected chi connectivity index (χ0v) is 14.8. The van der Waals surface area contributed by atoms with Crippen LogP contribution < -0.4 is 0 Å². The Balaban J connectivity index is 1.60. The van der Waals surface area contributed by atoms with E-state index in [1.54, 1.807) is 0 Å². The summed E-state index contributed by atoms with van der Waals surface area (Å²) in [6.45, 7) is 4.24. The maximum atomic E-state index is 11.8. The molecule has 2 fully saturated rings. The lowest BCUT2D eigenvalue weighted by Gasteiger charge is -2.50. The summed E-state index contributed by atoms with van der Waals surface area (Å²) in [7, 11) is 0. The summed E-state index contributed by atoms with van der Waals surface area (Å²) >= 11 is 0. The summed E-state index contributed by atoms with van der Waals surface area (Å²) in [5, 5.41) is 9.77. The molecule has 0 amide bonds. The van der Waals surface area contributed by atoms with Gasteiger partial charge in [0.1, 0.15) is 11.9 Å². The molecule has 130 valence electrons. The van der Waals surface area contributed by atoms with E-state index in [-0.39, 0.29) is 17.5 Å². The number of carbonyl (C=O) groups is 1. The number of rotatable bonds is 2. The van der Waals surface area contributed by atoms with Crippen LogP contribution >= 0.6 is 0 Å². The molecule has 3 heteroatoms. The van der Waals surface area contributed by atoms with Crippen LogP contribution in [-0.2, 0) is 16.0 Å². The van der Waals surface area contributed by atoms with Crippen molar-refractivity contribution >= 4 is 5.97 Å². The van der Waals surface area contributed by atoms with E-state index in [4.69, 9.17) is 4.74 Å². The highest BCUT2D eigenvalue weighted by Crippen LogP contribution is 2.61. The molecule has 0 aliphatic heterocycles. The number of phenolic OH excluding ortho intramolecular Hbond substituents is 1. The minimum absolute atomic E-state index is 0.0477. The predicted molar refractivity (Wildman–Crippen MR) is 92.9 cm³/mol. The van der Waals surface area contributed by atoms with Crippen LogP contribution in [0.4, 0.5) is 0 Å². The lowest BCUT2D eigenvalue weighted by atomic mass is 9.55. The summed E-state index contributed by atoms with van der Waals surface area (Å²) in [6.07, 6.45) is 7.38. The third-order valence-electron chi connectivity index (χ3n) is 7.19. The SMILES string of the molecule is CCC(=O)O[C@@H]1CC[C@@H]2[C@@H]3CCc4cc(O)ccc4[C@@H]3CC[C@]21C. The molecule has 0 saturated heterocycles. The summed E-state index contributed by atoms with van der Waals surface area (Å²) in [5.74, 6) is 2.32. The summed E-state index contributed by atoms with van der Waals surface area (Å²) in [4.78, 5) is 11.8. The summed E-state index contributed by atoms with van der Waals surface area (Å²) < 4.78 is 5.83. The first-order valence-electron chi connectivity index (χ1n) is 9.54. The number of aromatic hydroxyl groups is 1. The van der Waals surface area contributed by atoms with Gasteiger partial charge in [-0.15, -0.1) is 0 Å². The quantitative estimate of drug-likeness (QED) is 0.809. The van der Waals surface area contributed by atoms with Crippen LogP contribution in [0.2, 0.25) is 0 Å². The van der Waals surface area contributed by atoms with Crippen molar-refractivity contribution in [3.05, 3.63) is 29.3 Å². The Hall–Kier alpha value is -1.51. The van der Waals surface area contributed by atoms with Crippen molar-refractivity contribution in [1.29, 1.82) is 0 Å². The Labute approximate surface area is 144 Å². The zero-order chi connectivity index (χ0) is 16.9. The fourth-order valence-corrected chi connectivity index (χ4v) is 5.96. The molecule has 0 heterocycles. The molecule has 0 bridgehead atoms. The van der Waals surface area contributed by atoms with Gasteiger partial charge in [-0.3, -0.25) is 4.79 Å². The second kappa shape index (κ2) is 5.79. The van der Waals surface area contributed by atoms with Crippen LogP contribution in [0.3, 0.4) is 0 Å². The minimum Gasteiger partial charge on any atom is -0.508 e. The van der Waals surface area contributed by atoms with Gasteiger partial charge in [0.05, 0.1) is 0 Å².